The van der Waals surface area contributed by atoms with Gasteiger partial charge in [-0.2, -0.15) is 0 Å². The molecule has 6 heteroatoms. The SMILES string of the molecule is CN(CCOP(=O)(O)O)CC1CC1. The molecule has 0 saturated heterocycles. The Bertz CT molecular complexity index is 201. The van der Waals surface area contributed by atoms with Gasteiger partial charge in [-0.1, -0.05) is 0 Å². The monoisotopic (exact) mass is 209 g/mol. The zero-order valence-electron chi connectivity index (χ0n) is 7.72. The third-order valence-corrected chi connectivity index (χ3v) is 2.52. The number of likely N-dealkylation sites (N-methyl/N-ethyl adjacent to an activating group) is 1. The molecule has 5 nitrogen and oxygen atoms in total. The molecule has 0 unspecified atom stereocenters. The lowest BCUT2D eigenvalue weighted by Gasteiger charge is -2.15. The predicted molar refractivity (Wildman–Crippen MR) is 48.2 cm³/mol. The Morgan fingerprint density at radius 1 is 1.54 bits per heavy atom. The van der Waals surface area contributed by atoms with Crippen molar-refractivity contribution in [2.75, 3.05) is 26.7 Å². The Morgan fingerprint density at radius 3 is 2.62 bits per heavy atom. The van der Waals surface area contributed by atoms with E-state index in [1.165, 1.54) is 12.8 Å². The number of hydrogen-bond donors (Lipinski definition) is 2. The summed E-state index contributed by atoms with van der Waals surface area (Å²) in [6.45, 7) is 1.67. The summed E-state index contributed by atoms with van der Waals surface area (Å²) in [7, 11) is -2.34. The molecular formula is C7H16NO4P. The van der Waals surface area contributed by atoms with Gasteiger partial charge in [0.1, 0.15) is 0 Å². The first-order valence-electron chi connectivity index (χ1n) is 4.36. The van der Waals surface area contributed by atoms with Crippen LogP contribution in [0.25, 0.3) is 0 Å². The first kappa shape index (κ1) is 11.1. The molecule has 1 fully saturated rings. The fourth-order valence-electron chi connectivity index (χ4n) is 1.15. The molecule has 0 aliphatic heterocycles. The van der Waals surface area contributed by atoms with Crippen molar-refractivity contribution in [3.8, 4) is 0 Å². The Balaban J connectivity index is 2.00. The van der Waals surface area contributed by atoms with Gasteiger partial charge in [0.05, 0.1) is 6.61 Å². The highest BCUT2D eigenvalue weighted by molar-refractivity contribution is 7.46. The maximum absolute atomic E-state index is 10.3. The summed E-state index contributed by atoms with van der Waals surface area (Å²) in [6, 6.07) is 0. The zero-order valence-corrected chi connectivity index (χ0v) is 8.61. The van der Waals surface area contributed by atoms with Crippen molar-refractivity contribution in [1.82, 2.24) is 4.90 Å². The minimum absolute atomic E-state index is 0.0908. The van der Waals surface area contributed by atoms with Crippen LogP contribution in [0.5, 0.6) is 0 Å². The topological polar surface area (TPSA) is 70.0 Å². The number of hydrogen-bond acceptors (Lipinski definition) is 3. The molecule has 0 amide bonds. The molecule has 2 N–H and O–H groups in total. The summed E-state index contributed by atoms with van der Waals surface area (Å²) in [5.74, 6) is 0.792. The van der Waals surface area contributed by atoms with Crippen LogP contribution in [-0.2, 0) is 9.09 Å². The highest BCUT2D eigenvalue weighted by Crippen LogP contribution is 2.35. The molecule has 0 spiro atoms. The van der Waals surface area contributed by atoms with Crippen molar-refractivity contribution < 1.29 is 18.9 Å². The van der Waals surface area contributed by atoms with Crippen molar-refractivity contribution >= 4 is 7.82 Å². The second-order valence-electron chi connectivity index (χ2n) is 3.53. The predicted octanol–water partition coefficient (Wildman–Crippen LogP) is 0.437. The van der Waals surface area contributed by atoms with Gasteiger partial charge in [0, 0.05) is 13.1 Å². The van der Waals surface area contributed by atoms with E-state index in [1.807, 2.05) is 11.9 Å². The molecule has 1 saturated carbocycles. The Hall–Kier alpha value is 0.0700. The van der Waals surface area contributed by atoms with Gasteiger partial charge in [-0.15, -0.1) is 0 Å². The molecule has 0 aromatic carbocycles. The molecule has 0 aromatic heterocycles. The molecule has 0 atom stereocenters. The third-order valence-electron chi connectivity index (χ3n) is 2.00. The van der Waals surface area contributed by atoms with E-state index in [4.69, 9.17) is 9.79 Å². The van der Waals surface area contributed by atoms with Crippen LogP contribution in [0.15, 0.2) is 0 Å². The minimum atomic E-state index is -4.27. The molecule has 0 bridgehead atoms. The molecule has 1 aliphatic carbocycles. The average Bonchev–Trinajstić information content (AvgIpc) is 2.68. The van der Waals surface area contributed by atoms with Crippen LogP contribution < -0.4 is 0 Å². The number of phosphoric ester groups is 1. The maximum Gasteiger partial charge on any atom is 0.469 e. The van der Waals surface area contributed by atoms with Crippen molar-refractivity contribution in [2.45, 2.75) is 12.8 Å². The molecule has 1 rings (SSSR count). The van der Waals surface area contributed by atoms with E-state index in [9.17, 15) is 4.57 Å². The average molecular weight is 209 g/mol. The van der Waals surface area contributed by atoms with Gasteiger partial charge >= 0.3 is 7.82 Å². The van der Waals surface area contributed by atoms with E-state index >= 15 is 0 Å². The molecule has 1 aliphatic rings. The first-order valence-corrected chi connectivity index (χ1v) is 5.89. The fraction of sp³-hybridized carbons (Fsp3) is 1.00. The van der Waals surface area contributed by atoms with Crippen LogP contribution in [0.1, 0.15) is 12.8 Å². The summed E-state index contributed by atoms with van der Waals surface area (Å²) in [4.78, 5) is 18.8. The van der Waals surface area contributed by atoms with Gasteiger partial charge in [0.15, 0.2) is 0 Å². The van der Waals surface area contributed by atoms with Crippen molar-refractivity contribution in [2.24, 2.45) is 5.92 Å². The third kappa shape index (κ3) is 6.18. The van der Waals surface area contributed by atoms with Gasteiger partial charge in [-0.05, 0) is 25.8 Å². The van der Waals surface area contributed by atoms with Gasteiger partial charge in [0.2, 0.25) is 0 Å². The van der Waals surface area contributed by atoms with E-state index in [1.54, 1.807) is 0 Å². The highest BCUT2D eigenvalue weighted by Gasteiger charge is 2.22. The van der Waals surface area contributed by atoms with Crippen molar-refractivity contribution in [1.29, 1.82) is 0 Å². The fourth-order valence-corrected chi connectivity index (χ4v) is 1.47. The second kappa shape index (κ2) is 4.53. The maximum atomic E-state index is 10.3. The molecule has 78 valence electrons. The Morgan fingerprint density at radius 2 is 2.15 bits per heavy atom. The van der Waals surface area contributed by atoms with E-state index in [2.05, 4.69) is 4.52 Å². The van der Waals surface area contributed by atoms with Gasteiger partial charge in [-0.25, -0.2) is 4.57 Å². The number of nitrogens with zero attached hydrogens (tertiary/aromatic N) is 1. The largest absolute Gasteiger partial charge is 0.469 e. The number of rotatable bonds is 6. The van der Waals surface area contributed by atoms with E-state index in [-0.39, 0.29) is 6.61 Å². The standard InChI is InChI=1S/C7H16NO4P/c1-8(6-7-2-3-7)4-5-12-13(9,10)11/h7H,2-6H2,1H3,(H2,9,10,11). The minimum Gasteiger partial charge on any atom is -0.304 e. The van der Waals surface area contributed by atoms with Crippen molar-refractivity contribution in [3.05, 3.63) is 0 Å². The molecule has 0 radical (unpaired) electrons. The van der Waals surface area contributed by atoms with Crippen LogP contribution in [0.2, 0.25) is 0 Å². The first-order chi connectivity index (χ1) is 5.97. The lowest BCUT2D eigenvalue weighted by molar-refractivity contribution is 0.170. The lowest BCUT2D eigenvalue weighted by atomic mass is 10.4. The lowest BCUT2D eigenvalue weighted by Crippen LogP contribution is -2.25. The zero-order chi connectivity index (χ0) is 9.90. The number of phosphoric acid groups is 1. The summed E-state index contributed by atoms with van der Waals surface area (Å²) in [5, 5.41) is 0. The summed E-state index contributed by atoms with van der Waals surface area (Å²) < 4.78 is 14.6. The smallest absolute Gasteiger partial charge is 0.304 e. The molecular weight excluding hydrogens is 193 g/mol. The normalized spacial score (nSPS) is 18.2. The molecule has 0 aromatic rings. The van der Waals surface area contributed by atoms with Crippen LogP contribution in [0.4, 0.5) is 0 Å². The van der Waals surface area contributed by atoms with E-state index < -0.39 is 7.82 Å². The molecule has 13 heavy (non-hydrogen) atoms. The second-order valence-corrected chi connectivity index (χ2v) is 4.77. The molecule has 0 heterocycles. The summed E-state index contributed by atoms with van der Waals surface area (Å²) in [6.07, 6.45) is 2.56. The van der Waals surface area contributed by atoms with Crippen molar-refractivity contribution in [3.63, 3.8) is 0 Å². The van der Waals surface area contributed by atoms with Crippen LogP contribution in [0.3, 0.4) is 0 Å². The summed E-state index contributed by atoms with van der Waals surface area (Å²) >= 11 is 0. The van der Waals surface area contributed by atoms with Gasteiger partial charge in [0.25, 0.3) is 0 Å². The van der Waals surface area contributed by atoms with Crippen LogP contribution >= 0.6 is 7.82 Å². The van der Waals surface area contributed by atoms with Gasteiger partial charge < -0.3 is 14.7 Å². The summed E-state index contributed by atoms with van der Waals surface area (Å²) in [5.41, 5.74) is 0. The van der Waals surface area contributed by atoms with Gasteiger partial charge in [-0.3, -0.25) is 4.52 Å². The Kier molecular flexibility index (Phi) is 3.88. The van der Waals surface area contributed by atoms with Crippen LogP contribution in [-0.4, -0.2) is 41.4 Å². The van der Waals surface area contributed by atoms with E-state index in [0.29, 0.717) is 6.54 Å². The van der Waals surface area contributed by atoms with E-state index in [0.717, 1.165) is 12.5 Å². The Labute approximate surface area is 77.9 Å². The van der Waals surface area contributed by atoms with Crippen LogP contribution in [0, 0.1) is 5.92 Å². The highest BCUT2D eigenvalue weighted by atomic mass is 31.2. The quantitative estimate of drug-likeness (QED) is 0.621.